The molecule has 92 valence electrons. The van der Waals surface area contributed by atoms with Crippen molar-refractivity contribution in [3.05, 3.63) is 47.3 Å². The van der Waals surface area contributed by atoms with Gasteiger partial charge in [0.05, 0.1) is 6.61 Å². The van der Waals surface area contributed by atoms with E-state index in [9.17, 15) is 18.0 Å². The van der Waals surface area contributed by atoms with Crippen molar-refractivity contribution in [1.82, 2.24) is 0 Å². The number of hydrogen-bond acceptors (Lipinski definition) is 2. The van der Waals surface area contributed by atoms with Crippen LogP contribution in [0.3, 0.4) is 0 Å². The predicted molar refractivity (Wildman–Crippen MR) is 55.8 cm³/mol. The van der Waals surface area contributed by atoms with Crippen LogP contribution in [0.15, 0.2) is 24.3 Å². The molecule has 0 radical (unpaired) electrons. The van der Waals surface area contributed by atoms with Gasteiger partial charge in [-0.05, 0) is 25.0 Å². The molecule has 5 heteroatoms. The fraction of sp³-hybridized carbons (Fsp3) is 0.250. The first kappa shape index (κ1) is 13.3. The van der Waals surface area contributed by atoms with Gasteiger partial charge in [-0.25, -0.2) is 18.0 Å². The molecule has 0 unspecified atom stereocenters. The predicted octanol–water partition coefficient (Wildman–Crippen LogP) is 2.77. The summed E-state index contributed by atoms with van der Waals surface area (Å²) >= 11 is 0. The Morgan fingerprint density at radius 3 is 2.53 bits per heavy atom. The molecule has 0 fully saturated rings. The van der Waals surface area contributed by atoms with Crippen molar-refractivity contribution in [2.75, 3.05) is 6.61 Å². The first-order valence-electron chi connectivity index (χ1n) is 5.01. The van der Waals surface area contributed by atoms with Gasteiger partial charge in [0.1, 0.15) is 5.82 Å². The standard InChI is InChI=1S/C12H11F3O2/c1-2-17-12(16)5-3-4-8-6-10(14)11(15)7-9(8)13/h3,5-7H,2,4H2,1H3/b5-3+. The van der Waals surface area contributed by atoms with Crippen LogP contribution in [-0.2, 0) is 16.0 Å². The van der Waals surface area contributed by atoms with Crippen LogP contribution in [-0.4, -0.2) is 12.6 Å². The highest BCUT2D eigenvalue weighted by atomic mass is 19.2. The Morgan fingerprint density at radius 2 is 1.88 bits per heavy atom. The fourth-order valence-electron chi connectivity index (χ4n) is 1.19. The number of rotatable bonds is 4. The Kier molecular flexibility index (Phi) is 4.75. The first-order valence-corrected chi connectivity index (χ1v) is 5.01. The second-order valence-corrected chi connectivity index (χ2v) is 3.22. The van der Waals surface area contributed by atoms with Crippen LogP contribution in [0.2, 0.25) is 0 Å². The normalized spacial score (nSPS) is 10.8. The summed E-state index contributed by atoms with van der Waals surface area (Å²) in [5.74, 6) is -3.76. The van der Waals surface area contributed by atoms with E-state index >= 15 is 0 Å². The third-order valence-corrected chi connectivity index (χ3v) is 1.97. The lowest BCUT2D eigenvalue weighted by atomic mass is 10.1. The zero-order chi connectivity index (χ0) is 12.8. The van der Waals surface area contributed by atoms with Gasteiger partial charge in [0.25, 0.3) is 0 Å². The number of esters is 1. The van der Waals surface area contributed by atoms with Crippen molar-refractivity contribution in [3.63, 3.8) is 0 Å². The topological polar surface area (TPSA) is 26.3 Å². The Labute approximate surface area is 96.7 Å². The summed E-state index contributed by atoms with van der Waals surface area (Å²) in [6.45, 7) is 1.89. The van der Waals surface area contributed by atoms with Gasteiger partial charge >= 0.3 is 5.97 Å². The van der Waals surface area contributed by atoms with E-state index in [2.05, 4.69) is 4.74 Å². The molecule has 0 amide bonds. The van der Waals surface area contributed by atoms with E-state index < -0.39 is 23.4 Å². The highest BCUT2D eigenvalue weighted by molar-refractivity contribution is 5.81. The Hall–Kier alpha value is -1.78. The van der Waals surface area contributed by atoms with Crippen LogP contribution in [0.4, 0.5) is 13.2 Å². The molecule has 2 nitrogen and oxygen atoms in total. The average molecular weight is 244 g/mol. The van der Waals surface area contributed by atoms with E-state index in [1.54, 1.807) is 6.92 Å². The molecule has 0 N–H and O–H groups in total. The molecule has 0 saturated carbocycles. The monoisotopic (exact) mass is 244 g/mol. The summed E-state index contributed by atoms with van der Waals surface area (Å²) in [6.07, 6.45) is 2.43. The molecule has 1 rings (SSSR count). The second-order valence-electron chi connectivity index (χ2n) is 3.22. The average Bonchev–Trinajstić information content (AvgIpc) is 2.26. The van der Waals surface area contributed by atoms with Crippen LogP contribution in [0, 0.1) is 17.5 Å². The van der Waals surface area contributed by atoms with Crippen LogP contribution in [0.25, 0.3) is 0 Å². The van der Waals surface area contributed by atoms with E-state index in [4.69, 9.17) is 0 Å². The van der Waals surface area contributed by atoms with E-state index in [0.29, 0.717) is 6.07 Å². The Balaban J connectivity index is 2.69. The molecule has 0 aromatic heterocycles. The van der Waals surface area contributed by atoms with Crippen molar-refractivity contribution in [2.45, 2.75) is 13.3 Å². The smallest absolute Gasteiger partial charge is 0.330 e. The van der Waals surface area contributed by atoms with E-state index in [1.807, 2.05) is 0 Å². The lowest BCUT2D eigenvalue weighted by molar-refractivity contribution is -0.137. The van der Waals surface area contributed by atoms with Crippen LogP contribution in [0.1, 0.15) is 12.5 Å². The minimum absolute atomic E-state index is 0.0121. The maximum Gasteiger partial charge on any atom is 0.330 e. The number of allylic oxidation sites excluding steroid dienone is 1. The zero-order valence-electron chi connectivity index (χ0n) is 9.17. The lowest BCUT2D eigenvalue weighted by Gasteiger charge is -2.01. The molecule has 0 aliphatic rings. The van der Waals surface area contributed by atoms with Crippen LogP contribution < -0.4 is 0 Å². The van der Waals surface area contributed by atoms with Crippen molar-refractivity contribution in [3.8, 4) is 0 Å². The highest BCUT2D eigenvalue weighted by Gasteiger charge is 2.08. The zero-order valence-corrected chi connectivity index (χ0v) is 9.17. The number of ether oxygens (including phenoxy) is 1. The van der Waals surface area contributed by atoms with Gasteiger partial charge in [-0.1, -0.05) is 6.08 Å². The Bertz CT molecular complexity index is 442. The summed E-state index contributed by atoms with van der Waals surface area (Å²) in [5.41, 5.74) is -0.0237. The fourth-order valence-corrected chi connectivity index (χ4v) is 1.19. The van der Waals surface area contributed by atoms with Crippen LogP contribution >= 0.6 is 0 Å². The van der Waals surface area contributed by atoms with Crippen molar-refractivity contribution < 1.29 is 22.7 Å². The molecule has 0 aliphatic heterocycles. The highest BCUT2D eigenvalue weighted by Crippen LogP contribution is 2.14. The van der Waals surface area contributed by atoms with Crippen molar-refractivity contribution in [1.29, 1.82) is 0 Å². The SMILES string of the molecule is CCOC(=O)/C=C/Cc1cc(F)c(F)cc1F. The largest absolute Gasteiger partial charge is 0.463 e. The number of carbonyl (C=O) groups is 1. The minimum atomic E-state index is -1.24. The quantitative estimate of drug-likeness (QED) is 0.462. The molecule has 0 bridgehead atoms. The van der Waals surface area contributed by atoms with E-state index in [-0.39, 0.29) is 18.6 Å². The van der Waals surface area contributed by atoms with E-state index in [1.165, 1.54) is 6.08 Å². The van der Waals surface area contributed by atoms with Gasteiger partial charge in [-0.2, -0.15) is 0 Å². The first-order chi connectivity index (χ1) is 8.04. The van der Waals surface area contributed by atoms with Crippen molar-refractivity contribution >= 4 is 5.97 Å². The molecule has 0 saturated heterocycles. The minimum Gasteiger partial charge on any atom is -0.463 e. The summed E-state index contributed by atoms with van der Waals surface area (Å²) < 4.78 is 43.2. The summed E-state index contributed by atoms with van der Waals surface area (Å²) in [5, 5.41) is 0. The lowest BCUT2D eigenvalue weighted by Crippen LogP contribution is -1.99. The van der Waals surface area contributed by atoms with Gasteiger partial charge in [-0.3, -0.25) is 0 Å². The molecule has 17 heavy (non-hydrogen) atoms. The maximum absolute atomic E-state index is 13.1. The van der Waals surface area contributed by atoms with Gasteiger partial charge in [0.15, 0.2) is 11.6 Å². The molecular weight excluding hydrogens is 233 g/mol. The Morgan fingerprint density at radius 1 is 1.24 bits per heavy atom. The summed E-state index contributed by atoms with van der Waals surface area (Å²) in [4.78, 5) is 10.9. The van der Waals surface area contributed by atoms with Gasteiger partial charge in [0, 0.05) is 12.1 Å². The van der Waals surface area contributed by atoms with Gasteiger partial charge in [0.2, 0.25) is 0 Å². The molecule has 0 heterocycles. The van der Waals surface area contributed by atoms with Crippen molar-refractivity contribution in [2.24, 2.45) is 0 Å². The molecule has 0 aliphatic carbocycles. The number of carbonyl (C=O) groups excluding carboxylic acids is 1. The van der Waals surface area contributed by atoms with Crippen LogP contribution in [0.5, 0.6) is 0 Å². The molecule has 1 aromatic carbocycles. The summed E-state index contributed by atoms with van der Waals surface area (Å²) in [6, 6.07) is 1.24. The third kappa shape index (κ3) is 3.94. The second kappa shape index (κ2) is 6.08. The number of benzene rings is 1. The molecular formula is C12H11F3O2. The van der Waals surface area contributed by atoms with Gasteiger partial charge in [-0.15, -0.1) is 0 Å². The molecule has 0 spiro atoms. The third-order valence-electron chi connectivity index (χ3n) is 1.97. The number of halogens is 3. The molecule has 0 atom stereocenters. The molecule has 1 aromatic rings. The van der Waals surface area contributed by atoms with Gasteiger partial charge < -0.3 is 4.74 Å². The van der Waals surface area contributed by atoms with E-state index in [0.717, 1.165) is 12.1 Å². The number of hydrogen-bond donors (Lipinski definition) is 0. The summed E-state index contributed by atoms with van der Waals surface area (Å²) in [7, 11) is 0. The maximum atomic E-state index is 13.1.